The summed E-state index contributed by atoms with van der Waals surface area (Å²) in [5.41, 5.74) is 2.41. The molecule has 0 amide bonds. The lowest BCUT2D eigenvalue weighted by atomic mass is 9.98. The first-order valence-electron chi connectivity index (χ1n) is 9.50. The van der Waals surface area contributed by atoms with Crippen molar-refractivity contribution in [2.24, 2.45) is 0 Å². The molecule has 0 heterocycles. The lowest BCUT2D eigenvalue weighted by Gasteiger charge is -2.36. The Bertz CT molecular complexity index is 687. The minimum atomic E-state index is -0.218. The van der Waals surface area contributed by atoms with Crippen molar-refractivity contribution >= 4 is 12.3 Å². The molecule has 0 fully saturated rings. The number of esters is 1. The summed E-state index contributed by atoms with van der Waals surface area (Å²) in [7, 11) is 1.42. The fourth-order valence-corrected chi connectivity index (χ4v) is 3.40. The first kappa shape index (κ1) is 20.8. The van der Waals surface area contributed by atoms with Crippen molar-refractivity contribution < 1.29 is 14.3 Å². The van der Waals surface area contributed by atoms with Crippen molar-refractivity contribution in [1.29, 1.82) is 0 Å². The molecule has 0 aliphatic heterocycles. The number of nitrogens with zero attached hydrogens (tertiary/aromatic N) is 1. The lowest BCUT2D eigenvalue weighted by Crippen LogP contribution is -2.38. The number of ether oxygens (including phenoxy) is 1. The Hall–Kier alpha value is -2.46. The van der Waals surface area contributed by atoms with E-state index in [1.54, 1.807) is 0 Å². The molecule has 4 nitrogen and oxygen atoms in total. The molecule has 0 radical (unpaired) electrons. The van der Waals surface area contributed by atoms with Crippen LogP contribution in [0, 0.1) is 0 Å². The number of unbranched alkanes of at least 4 members (excludes halogenated alkanes) is 1. The van der Waals surface area contributed by atoms with Crippen molar-refractivity contribution in [2.75, 3.05) is 7.11 Å². The number of benzene rings is 2. The van der Waals surface area contributed by atoms with E-state index in [1.165, 1.54) is 18.2 Å². The van der Waals surface area contributed by atoms with Gasteiger partial charge in [0, 0.05) is 25.0 Å². The van der Waals surface area contributed by atoms with E-state index in [9.17, 15) is 9.59 Å². The molecule has 0 aliphatic carbocycles. The molecule has 0 bridgehead atoms. The van der Waals surface area contributed by atoms with Gasteiger partial charge in [0.1, 0.15) is 6.29 Å². The highest BCUT2D eigenvalue weighted by Gasteiger charge is 2.27. The Morgan fingerprint density at radius 1 is 1.07 bits per heavy atom. The molecule has 2 aromatic carbocycles. The summed E-state index contributed by atoms with van der Waals surface area (Å²) in [6.07, 6.45) is 3.31. The van der Waals surface area contributed by atoms with Gasteiger partial charge in [-0.2, -0.15) is 0 Å². The number of carbonyl (C=O) groups excluding carboxylic acids is 2. The van der Waals surface area contributed by atoms with Gasteiger partial charge in [0.15, 0.2) is 0 Å². The molecule has 4 heteroatoms. The summed E-state index contributed by atoms with van der Waals surface area (Å²) in [5.74, 6) is -0.218. The number of hydrogen-bond acceptors (Lipinski definition) is 4. The predicted octanol–water partition coefficient (Wildman–Crippen LogP) is 4.55. The lowest BCUT2D eigenvalue weighted by molar-refractivity contribution is -0.142. The molecule has 2 rings (SSSR count). The van der Waals surface area contributed by atoms with Gasteiger partial charge in [-0.3, -0.25) is 9.69 Å². The first-order chi connectivity index (χ1) is 13.2. The Morgan fingerprint density at radius 2 is 1.70 bits per heavy atom. The van der Waals surface area contributed by atoms with Gasteiger partial charge in [-0.25, -0.2) is 0 Å². The van der Waals surface area contributed by atoms with Crippen LogP contribution in [0.3, 0.4) is 0 Å². The number of rotatable bonds is 11. The van der Waals surface area contributed by atoms with Crippen LogP contribution in [0.2, 0.25) is 0 Å². The van der Waals surface area contributed by atoms with E-state index >= 15 is 0 Å². The smallest absolute Gasteiger partial charge is 0.307 e. The Kier molecular flexibility index (Phi) is 8.72. The molecule has 144 valence electrons. The SMILES string of the molecule is COC(=O)C[C@@H](CCCC=O)N(Cc1ccccc1)[C@H](C)c1ccccc1. The van der Waals surface area contributed by atoms with Crippen molar-refractivity contribution in [1.82, 2.24) is 4.90 Å². The van der Waals surface area contributed by atoms with Crippen LogP contribution in [-0.4, -0.2) is 30.3 Å². The summed E-state index contributed by atoms with van der Waals surface area (Å²) in [5, 5.41) is 0. The van der Waals surface area contributed by atoms with Crippen LogP contribution in [0.4, 0.5) is 0 Å². The molecule has 0 saturated heterocycles. The molecular formula is C23H29NO3. The van der Waals surface area contributed by atoms with Gasteiger partial charge in [-0.1, -0.05) is 60.7 Å². The van der Waals surface area contributed by atoms with E-state index in [0.29, 0.717) is 12.8 Å². The maximum absolute atomic E-state index is 12.1. The average molecular weight is 367 g/mol. The summed E-state index contributed by atoms with van der Waals surface area (Å²) in [6.45, 7) is 2.90. The van der Waals surface area contributed by atoms with Crippen LogP contribution < -0.4 is 0 Å². The number of carbonyl (C=O) groups is 2. The molecule has 0 unspecified atom stereocenters. The third-order valence-corrected chi connectivity index (χ3v) is 4.95. The van der Waals surface area contributed by atoms with Gasteiger partial charge in [0.2, 0.25) is 0 Å². The number of methoxy groups -OCH3 is 1. The van der Waals surface area contributed by atoms with E-state index in [2.05, 4.69) is 36.1 Å². The second kappa shape index (κ2) is 11.3. The van der Waals surface area contributed by atoms with Crippen molar-refractivity contribution in [2.45, 2.75) is 51.2 Å². The highest BCUT2D eigenvalue weighted by molar-refractivity contribution is 5.69. The minimum Gasteiger partial charge on any atom is -0.469 e. The molecule has 27 heavy (non-hydrogen) atoms. The highest BCUT2D eigenvalue weighted by atomic mass is 16.5. The third-order valence-electron chi connectivity index (χ3n) is 4.95. The van der Waals surface area contributed by atoms with Crippen molar-refractivity contribution in [3.05, 3.63) is 71.8 Å². The summed E-state index contributed by atoms with van der Waals surface area (Å²) < 4.78 is 4.94. The van der Waals surface area contributed by atoms with Crippen LogP contribution >= 0.6 is 0 Å². The minimum absolute atomic E-state index is 0.00723. The van der Waals surface area contributed by atoms with Gasteiger partial charge in [-0.05, 0) is 30.9 Å². The molecular weight excluding hydrogens is 338 g/mol. The van der Waals surface area contributed by atoms with E-state index in [4.69, 9.17) is 4.74 Å². The van der Waals surface area contributed by atoms with E-state index < -0.39 is 0 Å². The zero-order valence-electron chi connectivity index (χ0n) is 16.2. The maximum Gasteiger partial charge on any atom is 0.307 e. The summed E-state index contributed by atoms with van der Waals surface area (Å²) in [4.78, 5) is 25.2. The molecule has 0 spiro atoms. The monoisotopic (exact) mass is 367 g/mol. The van der Waals surface area contributed by atoms with E-state index in [1.807, 2.05) is 36.4 Å². The Balaban J connectivity index is 2.29. The van der Waals surface area contributed by atoms with Crippen molar-refractivity contribution in [3.8, 4) is 0 Å². The van der Waals surface area contributed by atoms with Gasteiger partial charge in [0.05, 0.1) is 13.5 Å². The second-order valence-corrected chi connectivity index (χ2v) is 6.78. The molecule has 0 N–H and O–H groups in total. The Morgan fingerprint density at radius 3 is 2.30 bits per heavy atom. The first-order valence-corrected chi connectivity index (χ1v) is 9.50. The normalized spacial score (nSPS) is 13.1. The zero-order chi connectivity index (χ0) is 19.5. The largest absolute Gasteiger partial charge is 0.469 e. The van der Waals surface area contributed by atoms with E-state index in [-0.39, 0.29) is 18.1 Å². The third kappa shape index (κ3) is 6.65. The van der Waals surface area contributed by atoms with Gasteiger partial charge < -0.3 is 9.53 Å². The predicted molar refractivity (Wildman–Crippen MR) is 107 cm³/mol. The molecule has 2 atom stereocenters. The molecule has 0 aromatic heterocycles. The van der Waals surface area contributed by atoms with Crippen LogP contribution in [0.1, 0.15) is 49.8 Å². The topological polar surface area (TPSA) is 46.6 Å². The van der Waals surface area contributed by atoms with Crippen LogP contribution in [0.25, 0.3) is 0 Å². The van der Waals surface area contributed by atoms with Gasteiger partial charge in [-0.15, -0.1) is 0 Å². The number of hydrogen-bond donors (Lipinski definition) is 0. The fourth-order valence-electron chi connectivity index (χ4n) is 3.40. The van der Waals surface area contributed by atoms with Crippen LogP contribution in [-0.2, 0) is 20.9 Å². The fraction of sp³-hybridized carbons (Fsp3) is 0.391. The standard InChI is InChI=1S/C23H29NO3/c1-19(21-13-7-4-8-14-21)24(18-20-11-5-3-6-12-20)22(15-9-10-16-25)17-23(26)27-2/h3-8,11-14,16,19,22H,9-10,15,17-18H2,1-2H3/t19-,22-/m1/s1. The zero-order valence-corrected chi connectivity index (χ0v) is 16.2. The molecule has 2 aromatic rings. The summed E-state index contributed by atoms with van der Waals surface area (Å²) >= 11 is 0. The van der Waals surface area contributed by atoms with Crippen LogP contribution in [0.15, 0.2) is 60.7 Å². The maximum atomic E-state index is 12.1. The quantitative estimate of drug-likeness (QED) is 0.332. The molecule has 0 saturated carbocycles. The van der Waals surface area contributed by atoms with Gasteiger partial charge >= 0.3 is 5.97 Å². The highest BCUT2D eigenvalue weighted by Crippen LogP contribution is 2.28. The number of aldehydes is 1. The summed E-state index contributed by atoms with van der Waals surface area (Å²) in [6, 6.07) is 20.7. The van der Waals surface area contributed by atoms with Crippen molar-refractivity contribution in [3.63, 3.8) is 0 Å². The average Bonchev–Trinajstić information content (AvgIpc) is 2.72. The van der Waals surface area contributed by atoms with E-state index in [0.717, 1.165) is 25.7 Å². The molecule has 0 aliphatic rings. The van der Waals surface area contributed by atoms with Gasteiger partial charge in [0.25, 0.3) is 0 Å². The van der Waals surface area contributed by atoms with Crippen LogP contribution in [0.5, 0.6) is 0 Å². The Labute approximate surface area is 162 Å². The second-order valence-electron chi connectivity index (χ2n) is 6.78.